The molecule has 0 bridgehead atoms. The summed E-state index contributed by atoms with van der Waals surface area (Å²) in [6, 6.07) is 10.9. The van der Waals surface area contributed by atoms with Gasteiger partial charge in [-0.15, -0.1) is 0 Å². The molecule has 0 saturated carbocycles. The number of amides is 3. The number of fused-ring (bicyclic) bond motifs is 3. The number of carbonyl (C=O) groups excluding carboxylic acids is 2. The Morgan fingerprint density at radius 2 is 1.86 bits per heavy atom. The van der Waals surface area contributed by atoms with Crippen molar-refractivity contribution in [1.29, 1.82) is 0 Å². The largest absolute Gasteiger partial charge is 0.497 e. The number of ether oxygens (including phenoxy) is 2. The van der Waals surface area contributed by atoms with E-state index >= 15 is 0 Å². The number of rotatable bonds is 5. The molecule has 0 N–H and O–H groups in total. The number of thiol groups is 1. The molecule has 0 radical (unpaired) electrons. The van der Waals surface area contributed by atoms with Crippen LogP contribution in [0.2, 0.25) is 0 Å². The van der Waals surface area contributed by atoms with Gasteiger partial charge in [-0.25, -0.2) is 4.79 Å². The van der Waals surface area contributed by atoms with Crippen molar-refractivity contribution < 1.29 is 23.2 Å². The highest BCUT2D eigenvalue weighted by Crippen LogP contribution is 2.49. The van der Waals surface area contributed by atoms with Crippen molar-refractivity contribution >= 4 is 24.8 Å². The second-order valence-electron chi connectivity index (χ2n) is 9.80. The van der Waals surface area contributed by atoms with Crippen LogP contribution in [-0.4, -0.2) is 66.0 Å². The molecule has 0 unspecified atom stereocenters. The van der Waals surface area contributed by atoms with Gasteiger partial charge in [0.05, 0.1) is 26.3 Å². The third-order valence-corrected chi connectivity index (χ3v) is 8.19. The van der Waals surface area contributed by atoms with Crippen LogP contribution < -0.4 is 13.7 Å². The van der Waals surface area contributed by atoms with Crippen molar-refractivity contribution in [2.75, 3.05) is 33.9 Å². The number of likely N-dealkylation sites (N-methyl/N-ethyl adjacent to an activating group) is 1. The Bertz CT molecular complexity index is 1250. The first kappa shape index (κ1) is 25.3. The maximum atomic E-state index is 13.8. The van der Waals surface area contributed by atoms with E-state index in [-0.39, 0.29) is 17.9 Å². The average molecular weight is 524 g/mol. The topological polar surface area (TPSA) is 71.6 Å². The fourth-order valence-electron chi connectivity index (χ4n) is 6.21. The van der Waals surface area contributed by atoms with E-state index in [1.54, 1.807) is 38.5 Å². The Morgan fingerprint density at radius 1 is 1.11 bits per heavy atom. The van der Waals surface area contributed by atoms with Crippen LogP contribution in [-0.2, 0) is 6.54 Å². The lowest BCUT2D eigenvalue weighted by Gasteiger charge is -2.44. The quantitative estimate of drug-likeness (QED) is 0.448. The molecule has 3 aliphatic heterocycles. The van der Waals surface area contributed by atoms with E-state index in [1.807, 2.05) is 33.8 Å². The number of urea groups is 1. The van der Waals surface area contributed by atoms with Gasteiger partial charge < -0.3 is 23.5 Å². The highest BCUT2D eigenvalue weighted by molar-refractivity contribution is 7.75. The third kappa shape index (κ3) is 4.09. The summed E-state index contributed by atoms with van der Waals surface area (Å²) in [5.74, 6) is 2.00. The van der Waals surface area contributed by atoms with Gasteiger partial charge in [0.1, 0.15) is 17.2 Å². The van der Waals surface area contributed by atoms with Gasteiger partial charge in [-0.3, -0.25) is 9.69 Å². The van der Waals surface area contributed by atoms with Gasteiger partial charge in [0.25, 0.3) is 5.91 Å². The van der Waals surface area contributed by atoms with Crippen LogP contribution >= 0.6 is 12.9 Å². The van der Waals surface area contributed by atoms with Gasteiger partial charge in [0.2, 0.25) is 0 Å². The van der Waals surface area contributed by atoms with Crippen molar-refractivity contribution in [2.24, 2.45) is 0 Å². The Kier molecular flexibility index (Phi) is 6.74. The normalized spacial score (nSPS) is 20.2. The fraction of sp³-hybridized carbons (Fsp3) is 0.429. The zero-order valence-corrected chi connectivity index (χ0v) is 22.6. The van der Waals surface area contributed by atoms with Crippen LogP contribution in [0.25, 0.3) is 0 Å². The van der Waals surface area contributed by atoms with Crippen molar-refractivity contribution in [3.8, 4) is 17.2 Å². The molecule has 5 rings (SSSR count). The van der Waals surface area contributed by atoms with Crippen molar-refractivity contribution in [3.05, 3.63) is 64.9 Å². The third-order valence-electron chi connectivity index (χ3n) is 7.98. The molecule has 0 aliphatic carbocycles. The molecule has 8 nitrogen and oxygen atoms in total. The first-order valence-electron chi connectivity index (χ1n) is 12.6. The summed E-state index contributed by atoms with van der Waals surface area (Å²) in [4.78, 5) is 32.8. The second kappa shape index (κ2) is 9.85. The van der Waals surface area contributed by atoms with Crippen molar-refractivity contribution in [3.63, 3.8) is 0 Å². The standard InChI is InChI=1S/C28H33N3O5S/c1-5-31-27(33)30-17-20-15-22(34-3)16-23(35-4)25(20)18(2)13-24(30)28(31)9-11-29(12-10-28)26(32)19-7-6-8-21(14-19)36-37/h6-8,13-16,18,37H,5,9-12,17H2,1-4H3/t18-/m0/s1. The number of nitrogens with zero attached hydrogens (tertiary/aromatic N) is 3. The summed E-state index contributed by atoms with van der Waals surface area (Å²) >= 11 is 3.85. The first-order chi connectivity index (χ1) is 17.9. The lowest BCUT2D eigenvalue weighted by molar-refractivity contribution is 0.0575. The Labute approximate surface area is 223 Å². The minimum absolute atomic E-state index is 0.00833. The predicted octanol–water partition coefficient (Wildman–Crippen LogP) is 4.86. The number of hydrogen-bond donors (Lipinski definition) is 1. The van der Waals surface area contributed by atoms with Crippen LogP contribution in [0, 0.1) is 0 Å². The van der Waals surface area contributed by atoms with Gasteiger partial charge in [-0.1, -0.05) is 19.1 Å². The molecule has 0 aromatic heterocycles. The van der Waals surface area contributed by atoms with E-state index in [2.05, 4.69) is 25.9 Å². The molecular formula is C28H33N3O5S. The molecule has 2 aromatic rings. The Hall–Kier alpha value is -3.33. The molecule has 2 aromatic carbocycles. The highest BCUT2D eigenvalue weighted by atomic mass is 32.1. The van der Waals surface area contributed by atoms with Gasteiger partial charge in [0.15, 0.2) is 0 Å². The Balaban J connectivity index is 1.47. The van der Waals surface area contributed by atoms with Gasteiger partial charge >= 0.3 is 6.03 Å². The molecule has 1 spiro atoms. The number of benzene rings is 2. The number of piperidine rings is 1. The molecule has 37 heavy (non-hydrogen) atoms. The molecular weight excluding hydrogens is 490 g/mol. The summed E-state index contributed by atoms with van der Waals surface area (Å²) in [5, 5.41) is 0. The highest BCUT2D eigenvalue weighted by Gasteiger charge is 2.55. The number of hydrogen-bond acceptors (Lipinski definition) is 6. The minimum atomic E-state index is -0.452. The van der Waals surface area contributed by atoms with Crippen LogP contribution in [0.15, 0.2) is 48.2 Å². The average Bonchev–Trinajstić information content (AvgIpc) is 3.03. The van der Waals surface area contributed by atoms with Crippen LogP contribution in [0.3, 0.4) is 0 Å². The molecule has 1 atom stereocenters. The van der Waals surface area contributed by atoms with Crippen LogP contribution in [0.4, 0.5) is 4.79 Å². The van der Waals surface area contributed by atoms with Crippen LogP contribution in [0.1, 0.15) is 54.1 Å². The fourth-order valence-corrected chi connectivity index (χ4v) is 6.33. The molecule has 9 heteroatoms. The zero-order chi connectivity index (χ0) is 26.3. The maximum Gasteiger partial charge on any atom is 0.325 e. The molecule has 196 valence electrons. The molecule has 3 heterocycles. The number of methoxy groups -OCH3 is 2. The van der Waals surface area contributed by atoms with Crippen molar-refractivity contribution in [1.82, 2.24) is 14.7 Å². The zero-order valence-electron chi connectivity index (χ0n) is 21.7. The van der Waals surface area contributed by atoms with E-state index in [0.29, 0.717) is 56.1 Å². The van der Waals surface area contributed by atoms with E-state index in [4.69, 9.17) is 13.7 Å². The van der Waals surface area contributed by atoms with Gasteiger partial charge in [-0.2, -0.15) is 0 Å². The van der Waals surface area contributed by atoms with E-state index < -0.39 is 5.54 Å². The van der Waals surface area contributed by atoms with Crippen molar-refractivity contribution in [2.45, 2.75) is 44.7 Å². The maximum absolute atomic E-state index is 13.8. The molecule has 3 aliphatic rings. The van der Waals surface area contributed by atoms with Gasteiger partial charge in [-0.05, 0) is 49.6 Å². The summed E-state index contributed by atoms with van der Waals surface area (Å²) in [6.07, 6.45) is 3.57. The molecule has 2 saturated heterocycles. The first-order valence-corrected chi connectivity index (χ1v) is 13.0. The monoisotopic (exact) mass is 523 g/mol. The number of carbonyl (C=O) groups is 2. The number of likely N-dealkylation sites (tertiary alicyclic amines) is 1. The summed E-state index contributed by atoms with van der Waals surface area (Å²) in [7, 11) is 3.30. The van der Waals surface area contributed by atoms with E-state index in [1.165, 1.54) is 0 Å². The van der Waals surface area contributed by atoms with E-state index in [9.17, 15) is 9.59 Å². The Morgan fingerprint density at radius 3 is 2.51 bits per heavy atom. The molecule has 3 amide bonds. The number of allylic oxidation sites excluding steroid dienone is 1. The minimum Gasteiger partial charge on any atom is -0.497 e. The van der Waals surface area contributed by atoms with Gasteiger partial charge in [0, 0.05) is 61.4 Å². The van der Waals surface area contributed by atoms with E-state index in [0.717, 1.165) is 22.6 Å². The van der Waals surface area contributed by atoms with Crippen LogP contribution in [0.5, 0.6) is 17.2 Å². The predicted molar refractivity (Wildman–Crippen MR) is 143 cm³/mol. The second-order valence-corrected chi connectivity index (χ2v) is 9.98. The summed E-state index contributed by atoms with van der Waals surface area (Å²) in [6.45, 7) is 6.33. The smallest absolute Gasteiger partial charge is 0.325 e. The summed E-state index contributed by atoms with van der Waals surface area (Å²) in [5.41, 5.74) is 3.25. The SMILES string of the molecule is CCN1C(=O)N2Cc3cc(OC)cc(OC)c3[C@@H](C)C=C2C12CCN(C(=O)c1cccc(OS)c1)CC2. The lowest BCUT2D eigenvalue weighted by atomic mass is 9.82. The summed E-state index contributed by atoms with van der Waals surface area (Å²) < 4.78 is 16.2. The lowest BCUT2D eigenvalue weighted by Crippen LogP contribution is -2.54. The molecule has 2 fully saturated rings.